The van der Waals surface area contributed by atoms with Gasteiger partial charge in [0.05, 0.1) is 12.2 Å². The van der Waals surface area contributed by atoms with E-state index >= 15 is 0 Å². The van der Waals surface area contributed by atoms with Gasteiger partial charge in [0, 0.05) is 39.5 Å². The average Bonchev–Trinajstić information content (AvgIpc) is 3.07. The normalized spacial score (nSPS) is 17.9. The lowest BCUT2D eigenvalue weighted by Gasteiger charge is -2.27. The molecule has 8 heteroatoms. The molecule has 0 bridgehead atoms. The SMILES string of the molecule is C[C@H](/C=C/CCO)[C@@]1(O)C(=O)N(Cc2ccc(NC(=O)c3ccc(N)cc3)cc2)c2ccc(Br)cc21. The van der Waals surface area contributed by atoms with E-state index in [4.69, 9.17) is 10.8 Å². The number of hydrogen-bond donors (Lipinski definition) is 4. The summed E-state index contributed by atoms with van der Waals surface area (Å²) in [6, 6.07) is 19.3. The number of fused-ring (bicyclic) bond motifs is 1. The van der Waals surface area contributed by atoms with E-state index in [0.29, 0.717) is 34.6 Å². The molecule has 2 amide bonds. The fourth-order valence-electron chi connectivity index (χ4n) is 4.30. The smallest absolute Gasteiger partial charge is 0.264 e. The van der Waals surface area contributed by atoms with Gasteiger partial charge in [-0.2, -0.15) is 0 Å². The zero-order valence-corrected chi connectivity index (χ0v) is 21.4. The average molecular weight is 550 g/mol. The number of amides is 2. The number of carbonyl (C=O) groups excluding carboxylic acids is 2. The minimum Gasteiger partial charge on any atom is -0.399 e. The number of benzene rings is 3. The van der Waals surface area contributed by atoms with Gasteiger partial charge in [-0.3, -0.25) is 9.59 Å². The summed E-state index contributed by atoms with van der Waals surface area (Å²) >= 11 is 3.45. The highest BCUT2D eigenvalue weighted by molar-refractivity contribution is 9.10. The molecule has 3 aromatic carbocycles. The Labute approximate surface area is 218 Å². The third-order valence-corrected chi connectivity index (χ3v) is 6.83. The van der Waals surface area contributed by atoms with Crippen LogP contribution in [0.5, 0.6) is 0 Å². The van der Waals surface area contributed by atoms with E-state index in [-0.39, 0.29) is 19.1 Å². The summed E-state index contributed by atoms with van der Waals surface area (Å²) in [5.41, 5.74) is 7.69. The van der Waals surface area contributed by atoms with Gasteiger partial charge in [0.25, 0.3) is 11.8 Å². The fourth-order valence-corrected chi connectivity index (χ4v) is 4.67. The van der Waals surface area contributed by atoms with Gasteiger partial charge >= 0.3 is 0 Å². The van der Waals surface area contributed by atoms with E-state index in [1.165, 1.54) is 0 Å². The second kappa shape index (κ2) is 10.7. The minimum atomic E-state index is -1.72. The molecule has 36 heavy (non-hydrogen) atoms. The number of carbonyl (C=O) groups is 2. The summed E-state index contributed by atoms with van der Waals surface area (Å²) < 4.78 is 0.766. The van der Waals surface area contributed by atoms with Gasteiger partial charge in [0.15, 0.2) is 5.60 Å². The van der Waals surface area contributed by atoms with Crippen molar-refractivity contribution in [1.82, 2.24) is 0 Å². The number of aliphatic hydroxyl groups excluding tert-OH is 1. The van der Waals surface area contributed by atoms with Crippen LogP contribution in [0.25, 0.3) is 0 Å². The van der Waals surface area contributed by atoms with Crippen LogP contribution in [0, 0.1) is 5.92 Å². The topological polar surface area (TPSA) is 116 Å². The van der Waals surface area contributed by atoms with E-state index in [1.807, 2.05) is 24.3 Å². The number of aliphatic hydroxyl groups is 2. The zero-order chi connectivity index (χ0) is 25.9. The van der Waals surface area contributed by atoms with Gasteiger partial charge in [-0.15, -0.1) is 0 Å². The van der Waals surface area contributed by atoms with Crippen LogP contribution in [0.15, 0.2) is 83.4 Å². The van der Waals surface area contributed by atoms with Gasteiger partial charge in [-0.25, -0.2) is 0 Å². The predicted molar refractivity (Wildman–Crippen MR) is 144 cm³/mol. The van der Waals surface area contributed by atoms with Gasteiger partial charge in [-0.1, -0.05) is 47.1 Å². The minimum absolute atomic E-state index is 0.000282. The summed E-state index contributed by atoms with van der Waals surface area (Å²) in [6.45, 7) is 2.05. The number of anilines is 3. The number of nitrogens with two attached hydrogens (primary N) is 1. The van der Waals surface area contributed by atoms with Crippen LogP contribution in [-0.4, -0.2) is 28.6 Å². The van der Waals surface area contributed by atoms with Gasteiger partial charge in [0.1, 0.15) is 0 Å². The molecule has 0 radical (unpaired) electrons. The van der Waals surface area contributed by atoms with Gasteiger partial charge < -0.3 is 26.2 Å². The number of nitrogens with zero attached hydrogens (tertiary/aromatic N) is 1. The maximum absolute atomic E-state index is 13.6. The monoisotopic (exact) mass is 549 g/mol. The van der Waals surface area contributed by atoms with E-state index < -0.39 is 17.4 Å². The van der Waals surface area contributed by atoms with Gasteiger partial charge in [0.2, 0.25) is 0 Å². The van der Waals surface area contributed by atoms with Crippen LogP contribution < -0.4 is 16.0 Å². The maximum atomic E-state index is 13.6. The second-order valence-corrected chi connectivity index (χ2v) is 9.74. The predicted octanol–water partition coefficient (Wildman–Crippen LogP) is 4.59. The first kappa shape index (κ1) is 25.6. The molecular weight excluding hydrogens is 522 g/mol. The molecule has 0 unspecified atom stereocenters. The largest absolute Gasteiger partial charge is 0.399 e. The van der Waals surface area contributed by atoms with Crippen molar-refractivity contribution in [3.05, 3.63) is 100 Å². The Morgan fingerprint density at radius 3 is 2.50 bits per heavy atom. The summed E-state index contributed by atoms with van der Waals surface area (Å²) in [6.07, 6.45) is 3.99. The van der Waals surface area contributed by atoms with E-state index in [2.05, 4.69) is 21.2 Å². The summed E-state index contributed by atoms with van der Waals surface area (Å²) in [5.74, 6) is -1.15. The molecule has 0 spiro atoms. The molecule has 1 aliphatic heterocycles. The standard InChI is InChI=1S/C28H28BrN3O4/c1-18(4-2-3-15-33)28(36)24-16-21(29)9-14-25(24)32(27(28)35)17-19-5-12-23(13-6-19)31-26(34)20-7-10-22(30)11-8-20/h2,4-14,16,18,33,36H,3,15,17,30H2,1H3,(H,31,34)/b4-2+/t18-,28+/m1/s1. The van der Waals surface area contributed by atoms with Crippen molar-refractivity contribution >= 4 is 44.8 Å². The highest BCUT2D eigenvalue weighted by Crippen LogP contribution is 2.46. The molecule has 0 aliphatic carbocycles. The number of halogens is 1. The van der Waals surface area contributed by atoms with Crippen LogP contribution in [0.2, 0.25) is 0 Å². The first-order valence-electron chi connectivity index (χ1n) is 11.6. The van der Waals surface area contributed by atoms with Crippen molar-refractivity contribution < 1.29 is 19.8 Å². The molecular formula is C28H28BrN3O4. The van der Waals surface area contributed by atoms with Crippen molar-refractivity contribution in [2.24, 2.45) is 5.92 Å². The van der Waals surface area contributed by atoms with E-state index in [0.717, 1.165) is 10.0 Å². The van der Waals surface area contributed by atoms with Crippen molar-refractivity contribution in [3.63, 3.8) is 0 Å². The van der Waals surface area contributed by atoms with Crippen molar-refractivity contribution in [2.75, 3.05) is 22.6 Å². The first-order valence-corrected chi connectivity index (χ1v) is 12.4. The molecule has 1 aliphatic rings. The van der Waals surface area contributed by atoms with Crippen molar-refractivity contribution in [2.45, 2.75) is 25.5 Å². The maximum Gasteiger partial charge on any atom is 0.264 e. The Morgan fingerprint density at radius 2 is 1.83 bits per heavy atom. The summed E-state index contributed by atoms with van der Waals surface area (Å²) in [7, 11) is 0. The molecule has 1 heterocycles. The molecule has 4 rings (SSSR count). The third kappa shape index (κ3) is 5.06. The lowest BCUT2D eigenvalue weighted by molar-refractivity contribution is -0.139. The van der Waals surface area contributed by atoms with Crippen LogP contribution in [0.4, 0.5) is 17.1 Å². The van der Waals surface area contributed by atoms with Crippen molar-refractivity contribution in [3.8, 4) is 0 Å². The molecule has 0 aromatic heterocycles. The molecule has 186 valence electrons. The number of hydrogen-bond acceptors (Lipinski definition) is 5. The first-order chi connectivity index (χ1) is 17.2. The molecule has 7 nitrogen and oxygen atoms in total. The molecule has 0 saturated heterocycles. The molecule has 2 atom stereocenters. The summed E-state index contributed by atoms with van der Waals surface area (Å²) in [5, 5.41) is 23.6. The lowest BCUT2D eigenvalue weighted by atomic mass is 9.83. The van der Waals surface area contributed by atoms with Crippen LogP contribution in [0.1, 0.15) is 34.8 Å². The lowest BCUT2D eigenvalue weighted by Crippen LogP contribution is -2.44. The van der Waals surface area contributed by atoms with Crippen molar-refractivity contribution in [1.29, 1.82) is 0 Å². The Balaban J connectivity index is 1.54. The zero-order valence-electron chi connectivity index (χ0n) is 19.8. The number of nitrogens with one attached hydrogen (secondary N) is 1. The highest BCUT2D eigenvalue weighted by atomic mass is 79.9. The van der Waals surface area contributed by atoms with Crippen LogP contribution in [0.3, 0.4) is 0 Å². The Bertz CT molecular complexity index is 1290. The van der Waals surface area contributed by atoms with E-state index in [1.54, 1.807) is 66.4 Å². The van der Waals surface area contributed by atoms with Gasteiger partial charge in [-0.05, 0) is 66.6 Å². The molecule has 0 fully saturated rings. The highest BCUT2D eigenvalue weighted by Gasteiger charge is 2.52. The van der Waals surface area contributed by atoms with E-state index in [9.17, 15) is 14.7 Å². The summed E-state index contributed by atoms with van der Waals surface area (Å²) in [4.78, 5) is 27.6. The molecule has 5 N–H and O–H groups in total. The molecule has 3 aromatic rings. The second-order valence-electron chi connectivity index (χ2n) is 8.82. The molecule has 0 saturated carbocycles. The Hall–Kier alpha value is -3.46. The third-order valence-electron chi connectivity index (χ3n) is 6.34. The number of nitrogen functional groups attached to an aromatic ring is 1. The fraction of sp³-hybridized carbons (Fsp3) is 0.214. The van der Waals surface area contributed by atoms with Crippen LogP contribution >= 0.6 is 15.9 Å². The quantitative estimate of drug-likeness (QED) is 0.242. The Morgan fingerprint density at radius 1 is 1.14 bits per heavy atom. The van der Waals surface area contributed by atoms with Crippen LogP contribution in [-0.2, 0) is 16.9 Å². The number of rotatable bonds is 8. The Kier molecular flexibility index (Phi) is 7.59.